The number of piperidine rings is 1. The molecule has 4 fully saturated rings. The van der Waals surface area contributed by atoms with Gasteiger partial charge in [-0.1, -0.05) is 26.3 Å². The first-order chi connectivity index (χ1) is 17.0. The highest BCUT2D eigenvalue weighted by Gasteiger charge is 2.30. The zero-order valence-electron chi connectivity index (χ0n) is 21.7. The van der Waals surface area contributed by atoms with E-state index in [1.807, 2.05) is 17.0 Å². The van der Waals surface area contributed by atoms with Crippen molar-refractivity contribution in [2.75, 3.05) is 76.9 Å². The standard InChI is InChI=1S/C28H43N5O2/c1-22-17-23(2)20-33(19-22)28(35)24-5-3-8-26(18-24)31-11-9-29(10-12-31)21-27(34)32-15-13-30(14-16-32)25-6-4-7-25/h3,5,8,18,22-23,25H,4,6-7,9-17,19-21H2,1-2H3. The zero-order chi connectivity index (χ0) is 24.4. The molecule has 1 saturated carbocycles. The molecule has 1 aliphatic carbocycles. The van der Waals surface area contributed by atoms with E-state index in [0.717, 1.165) is 82.7 Å². The minimum Gasteiger partial charge on any atom is -0.369 e. The summed E-state index contributed by atoms with van der Waals surface area (Å²) in [5.74, 6) is 1.57. The molecule has 2 unspecified atom stereocenters. The van der Waals surface area contributed by atoms with Gasteiger partial charge in [0.25, 0.3) is 5.91 Å². The van der Waals surface area contributed by atoms with Crippen molar-refractivity contribution in [3.8, 4) is 0 Å². The fourth-order valence-corrected chi connectivity index (χ4v) is 6.39. The molecule has 35 heavy (non-hydrogen) atoms. The van der Waals surface area contributed by atoms with Gasteiger partial charge in [-0.05, 0) is 49.3 Å². The summed E-state index contributed by atoms with van der Waals surface area (Å²) in [6, 6.07) is 8.92. The Morgan fingerprint density at radius 2 is 1.54 bits per heavy atom. The third-order valence-electron chi connectivity index (χ3n) is 8.60. The number of piperazine rings is 2. The molecule has 2 atom stereocenters. The van der Waals surface area contributed by atoms with Crippen LogP contribution in [-0.4, -0.2) is 109 Å². The fourth-order valence-electron chi connectivity index (χ4n) is 6.39. The first-order valence-electron chi connectivity index (χ1n) is 13.8. The topological polar surface area (TPSA) is 50.3 Å². The third-order valence-corrected chi connectivity index (χ3v) is 8.60. The number of anilines is 1. The van der Waals surface area contributed by atoms with E-state index in [1.165, 1.54) is 25.7 Å². The highest BCUT2D eigenvalue weighted by Crippen LogP contribution is 2.26. The van der Waals surface area contributed by atoms with Crippen molar-refractivity contribution in [2.24, 2.45) is 11.8 Å². The monoisotopic (exact) mass is 481 g/mol. The smallest absolute Gasteiger partial charge is 0.253 e. The van der Waals surface area contributed by atoms with Gasteiger partial charge in [0.2, 0.25) is 5.91 Å². The summed E-state index contributed by atoms with van der Waals surface area (Å²) in [6.45, 7) is 14.1. The number of nitrogens with zero attached hydrogens (tertiary/aromatic N) is 5. The van der Waals surface area contributed by atoms with Crippen molar-refractivity contribution >= 4 is 17.5 Å². The Kier molecular flexibility index (Phi) is 7.63. The van der Waals surface area contributed by atoms with Gasteiger partial charge in [-0.15, -0.1) is 0 Å². The van der Waals surface area contributed by atoms with Crippen LogP contribution >= 0.6 is 0 Å². The van der Waals surface area contributed by atoms with Crippen LogP contribution in [0, 0.1) is 11.8 Å². The van der Waals surface area contributed by atoms with E-state index in [0.29, 0.717) is 18.4 Å². The van der Waals surface area contributed by atoms with Crippen LogP contribution in [0.3, 0.4) is 0 Å². The van der Waals surface area contributed by atoms with Crippen molar-refractivity contribution < 1.29 is 9.59 Å². The van der Waals surface area contributed by atoms with Gasteiger partial charge in [-0.25, -0.2) is 0 Å². The Balaban J connectivity index is 1.10. The van der Waals surface area contributed by atoms with Crippen LogP contribution in [0.15, 0.2) is 24.3 Å². The van der Waals surface area contributed by atoms with E-state index in [4.69, 9.17) is 0 Å². The lowest BCUT2D eigenvalue weighted by Gasteiger charge is -2.43. The molecule has 1 aromatic rings. The number of hydrogen-bond acceptors (Lipinski definition) is 5. The highest BCUT2D eigenvalue weighted by atomic mass is 16.2. The quantitative estimate of drug-likeness (QED) is 0.647. The first kappa shape index (κ1) is 24.6. The Labute approximate surface area is 211 Å². The SMILES string of the molecule is CC1CC(C)CN(C(=O)c2cccc(N3CCN(CC(=O)N4CCN(C5CCC5)CC4)CC3)c2)C1. The van der Waals surface area contributed by atoms with Gasteiger partial charge < -0.3 is 14.7 Å². The molecule has 0 bridgehead atoms. The molecule has 3 heterocycles. The molecule has 0 radical (unpaired) electrons. The normalized spacial score (nSPS) is 27.1. The average molecular weight is 482 g/mol. The van der Waals surface area contributed by atoms with Crippen LogP contribution in [0.1, 0.15) is 49.9 Å². The van der Waals surface area contributed by atoms with Gasteiger partial charge >= 0.3 is 0 Å². The van der Waals surface area contributed by atoms with Gasteiger partial charge in [0, 0.05) is 82.7 Å². The summed E-state index contributed by atoms with van der Waals surface area (Å²) in [5, 5.41) is 0. The molecular formula is C28H43N5O2. The summed E-state index contributed by atoms with van der Waals surface area (Å²) >= 11 is 0. The largest absolute Gasteiger partial charge is 0.369 e. The van der Waals surface area contributed by atoms with Crippen LogP contribution in [0.2, 0.25) is 0 Å². The lowest BCUT2D eigenvalue weighted by molar-refractivity contribution is -0.134. The molecule has 0 aromatic heterocycles. The fraction of sp³-hybridized carbons (Fsp3) is 0.714. The van der Waals surface area contributed by atoms with Crippen LogP contribution in [0.4, 0.5) is 5.69 Å². The maximum absolute atomic E-state index is 13.2. The summed E-state index contributed by atoms with van der Waals surface area (Å²) in [6.07, 6.45) is 5.25. The van der Waals surface area contributed by atoms with Crippen LogP contribution in [-0.2, 0) is 4.79 Å². The Bertz CT molecular complexity index is 877. The van der Waals surface area contributed by atoms with Gasteiger partial charge in [0.1, 0.15) is 0 Å². The summed E-state index contributed by atoms with van der Waals surface area (Å²) in [5.41, 5.74) is 1.91. The average Bonchev–Trinajstić information content (AvgIpc) is 2.83. The number of rotatable bonds is 5. The second-order valence-corrected chi connectivity index (χ2v) is 11.5. The van der Waals surface area contributed by atoms with Gasteiger partial charge in [-0.3, -0.25) is 19.4 Å². The minimum absolute atomic E-state index is 0.159. The number of carbonyl (C=O) groups is 2. The Morgan fingerprint density at radius 3 is 2.17 bits per heavy atom. The van der Waals surface area contributed by atoms with Crippen molar-refractivity contribution in [2.45, 2.75) is 45.6 Å². The Morgan fingerprint density at radius 1 is 0.857 bits per heavy atom. The molecule has 3 aliphatic heterocycles. The van der Waals surface area contributed by atoms with E-state index in [9.17, 15) is 9.59 Å². The van der Waals surface area contributed by atoms with Crippen molar-refractivity contribution in [1.29, 1.82) is 0 Å². The van der Waals surface area contributed by atoms with E-state index >= 15 is 0 Å². The lowest BCUT2D eigenvalue weighted by atomic mass is 9.91. The molecule has 192 valence electrons. The molecule has 0 spiro atoms. The molecule has 7 heteroatoms. The van der Waals surface area contributed by atoms with Crippen LogP contribution in [0.25, 0.3) is 0 Å². The lowest BCUT2D eigenvalue weighted by Crippen LogP contribution is -2.56. The van der Waals surface area contributed by atoms with E-state index in [1.54, 1.807) is 0 Å². The van der Waals surface area contributed by atoms with Crippen molar-refractivity contribution in [3.63, 3.8) is 0 Å². The van der Waals surface area contributed by atoms with E-state index < -0.39 is 0 Å². The predicted molar refractivity (Wildman–Crippen MR) is 140 cm³/mol. The predicted octanol–water partition coefficient (Wildman–Crippen LogP) is 2.62. The number of carbonyl (C=O) groups excluding carboxylic acids is 2. The maximum Gasteiger partial charge on any atom is 0.253 e. The zero-order valence-corrected chi connectivity index (χ0v) is 21.7. The number of likely N-dealkylation sites (tertiary alicyclic amines) is 1. The second kappa shape index (κ2) is 10.9. The van der Waals surface area contributed by atoms with E-state index in [2.05, 4.69) is 45.6 Å². The molecular weight excluding hydrogens is 438 g/mol. The first-order valence-corrected chi connectivity index (χ1v) is 13.8. The summed E-state index contributed by atoms with van der Waals surface area (Å²) in [7, 11) is 0. The molecule has 1 aromatic carbocycles. The molecule has 5 rings (SSSR count). The minimum atomic E-state index is 0.159. The van der Waals surface area contributed by atoms with Crippen LogP contribution < -0.4 is 4.90 Å². The third kappa shape index (κ3) is 5.83. The summed E-state index contributed by atoms with van der Waals surface area (Å²) in [4.78, 5) is 37.4. The maximum atomic E-state index is 13.2. The highest BCUT2D eigenvalue weighted by molar-refractivity contribution is 5.95. The van der Waals surface area contributed by atoms with Gasteiger partial charge in [0.15, 0.2) is 0 Å². The van der Waals surface area contributed by atoms with Crippen LogP contribution in [0.5, 0.6) is 0 Å². The van der Waals surface area contributed by atoms with E-state index in [-0.39, 0.29) is 11.8 Å². The van der Waals surface area contributed by atoms with Gasteiger partial charge in [-0.2, -0.15) is 0 Å². The molecule has 4 aliphatic rings. The molecule has 2 amide bonds. The number of amides is 2. The summed E-state index contributed by atoms with van der Waals surface area (Å²) < 4.78 is 0. The van der Waals surface area contributed by atoms with Crippen molar-refractivity contribution in [1.82, 2.24) is 19.6 Å². The number of hydrogen-bond donors (Lipinski definition) is 0. The van der Waals surface area contributed by atoms with Gasteiger partial charge in [0.05, 0.1) is 6.54 Å². The molecule has 3 saturated heterocycles. The van der Waals surface area contributed by atoms with Crippen molar-refractivity contribution in [3.05, 3.63) is 29.8 Å². The molecule has 0 N–H and O–H groups in total. The number of benzene rings is 1. The molecule has 7 nitrogen and oxygen atoms in total. The Hall–Kier alpha value is -2.12. The second-order valence-electron chi connectivity index (χ2n) is 11.5.